The number of para-hydroxylation sites is 1. The van der Waals surface area contributed by atoms with E-state index in [-0.39, 0.29) is 6.54 Å². The predicted molar refractivity (Wildman–Crippen MR) is 170 cm³/mol. The van der Waals surface area contributed by atoms with Gasteiger partial charge in [-0.15, -0.1) is 0 Å². The zero-order chi connectivity index (χ0) is 32.9. The number of benzene rings is 3. The molecule has 9 nitrogen and oxygen atoms in total. The number of carbonyl (C=O) groups is 3. The van der Waals surface area contributed by atoms with Crippen molar-refractivity contribution in [1.82, 2.24) is 4.57 Å². The molecule has 3 amide bonds. The standard InChI is InChI=1S/C32H27F3N4O5S2/c1-37(2)19-12-8-17(9-13-19)24-25-26(29(42)39(28(25)41)22-7-5-4-6-21(22)32(33,34)35)45-30-27(24)46-31(43)38(30)16-23(40)36-18-10-14-20(44-3)15-11-18/h4-15,24-26H,16H2,1-3H3,(H,36,40). The lowest BCUT2D eigenvalue weighted by Crippen LogP contribution is -2.33. The summed E-state index contributed by atoms with van der Waals surface area (Å²) in [6, 6.07) is 18.3. The normalized spacial score (nSPS) is 19.1. The molecule has 0 bridgehead atoms. The third kappa shape index (κ3) is 5.55. The molecule has 4 aromatic rings. The second-order valence-electron chi connectivity index (χ2n) is 11.0. The molecule has 2 aliphatic rings. The van der Waals surface area contributed by atoms with Crippen molar-refractivity contribution in [3.05, 3.63) is 98.5 Å². The second kappa shape index (κ2) is 12.0. The number of aromatic nitrogens is 1. The quantitative estimate of drug-likeness (QED) is 0.262. The highest BCUT2D eigenvalue weighted by atomic mass is 32.2. The number of fused-ring (bicyclic) bond motifs is 2. The highest BCUT2D eigenvalue weighted by Crippen LogP contribution is 2.54. The minimum absolute atomic E-state index is 0.329. The van der Waals surface area contributed by atoms with Gasteiger partial charge in [-0.1, -0.05) is 47.4 Å². The number of alkyl halides is 3. The summed E-state index contributed by atoms with van der Waals surface area (Å²) in [6.45, 7) is -0.379. The third-order valence-corrected chi connectivity index (χ3v) is 10.5. The van der Waals surface area contributed by atoms with Gasteiger partial charge in [-0.05, 0) is 54.1 Å². The van der Waals surface area contributed by atoms with Crippen molar-refractivity contribution in [3.63, 3.8) is 0 Å². The largest absolute Gasteiger partial charge is 0.497 e. The van der Waals surface area contributed by atoms with Gasteiger partial charge in [0.05, 0.1) is 29.3 Å². The minimum Gasteiger partial charge on any atom is -0.497 e. The first-order valence-corrected chi connectivity index (χ1v) is 15.7. The molecule has 1 aromatic heterocycles. The van der Waals surface area contributed by atoms with E-state index in [1.807, 2.05) is 31.1 Å². The number of rotatable bonds is 7. The average molecular weight is 669 g/mol. The summed E-state index contributed by atoms with van der Waals surface area (Å²) in [5, 5.41) is 1.93. The molecule has 3 unspecified atom stereocenters. The lowest BCUT2D eigenvalue weighted by Gasteiger charge is -2.31. The van der Waals surface area contributed by atoms with Gasteiger partial charge in [-0.2, -0.15) is 13.2 Å². The van der Waals surface area contributed by atoms with E-state index in [2.05, 4.69) is 5.32 Å². The molecular weight excluding hydrogens is 642 g/mol. The van der Waals surface area contributed by atoms with Crippen molar-refractivity contribution >= 4 is 57.9 Å². The number of nitrogens with one attached hydrogen (secondary N) is 1. The van der Waals surface area contributed by atoms with E-state index in [9.17, 15) is 32.3 Å². The van der Waals surface area contributed by atoms with Crippen molar-refractivity contribution in [2.24, 2.45) is 5.92 Å². The first-order valence-electron chi connectivity index (χ1n) is 14.0. The Bertz CT molecular complexity index is 1890. The number of thiazole rings is 1. The maximum atomic E-state index is 14.1. The van der Waals surface area contributed by atoms with Crippen LogP contribution in [0.25, 0.3) is 0 Å². The van der Waals surface area contributed by atoms with Crippen LogP contribution in [0.15, 0.2) is 82.6 Å². The molecule has 3 aromatic carbocycles. The topological polar surface area (TPSA) is 101 Å². The maximum Gasteiger partial charge on any atom is 0.418 e. The third-order valence-electron chi connectivity index (χ3n) is 7.94. The molecule has 6 rings (SSSR count). The summed E-state index contributed by atoms with van der Waals surface area (Å²) in [5.41, 5.74) is 0.312. The molecule has 3 atom stereocenters. The predicted octanol–water partition coefficient (Wildman–Crippen LogP) is 5.44. The molecule has 0 saturated carbocycles. The van der Waals surface area contributed by atoms with Crippen molar-refractivity contribution in [1.29, 1.82) is 0 Å². The number of ether oxygens (including phenoxy) is 1. The zero-order valence-electron chi connectivity index (χ0n) is 24.7. The van der Waals surface area contributed by atoms with E-state index in [4.69, 9.17) is 4.74 Å². The number of nitrogens with zero attached hydrogens (tertiary/aromatic N) is 3. The molecule has 0 radical (unpaired) electrons. The summed E-state index contributed by atoms with van der Waals surface area (Å²) < 4.78 is 48.4. The van der Waals surface area contributed by atoms with Gasteiger partial charge in [0.1, 0.15) is 17.5 Å². The molecule has 2 aliphatic heterocycles. The van der Waals surface area contributed by atoms with Crippen LogP contribution in [0.4, 0.5) is 30.2 Å². The molecule has 238 valence electrons. The Morgan fingerprint density at radius 2 is 1.63 bits per heavy atom. The fourth-order valence-electron chi connectivity index (χ4n) is 5.76. The highest BCUT2D eigenvalue weighted by Gasteiger charge is 2.57. The number of thioether (sulfide) groups is 1. The first-order chi connectivity index (χ1) is 21.9. The van der Waals surface area contributed by atoms with Gasteiger partial charge in [-0.3, -0.25) is 23.7 Å². The van der Waals surface area contributed by atoms with Gasteiger partial charge in [-0.25, -0.2) is 4.90 Å². The number of halogens is 3. The van der Waals surface area contributed by atoms with Crippen LogP contribution in [0.1, 0.15) is 21.9 Å². The summed E-state index contributed by atoms with van der Waals surface area (Å²) in [5.74, 6) is -3.41. The monoisotopic (exact) mass is 668 g/mol. The zero-order valence-corrected chi connectivity index (χ0v) is 26.3. The summed E-state index contributed by atoms with van der Waals surface area (Å²) in [6.07, 6.45) is -4.81. The van der Waals surface area contributed by atoms with Gasteiger partial charge >= 0.3 is 11.0 Å². The van der Waals surface area contributed by atoms with E-state index in [0.717, 1.165) is 40.9 Å². The summed E-state index contributed by atoms with van der Waals surface area (Å²) in [7, 11) is 5.24. The fourth-order valence-corrected chi connectivity index (χ4v) is 8.53. The molecule has 46 heavy (non-hydrogen) atoms. The molecule has 14 heteroatoms. The summed E-state index contributed by atoms with van der Waals surface area (Å²) in [4.78, 5) is 57.0. The highest BCUT2D eigenvalue weighted by molar-refractivity contribution is 8.00. The number of carbonyl (C=O) groups excluding carboxylic acids is 3. The number of imide groups is 1. The van der Waals surface area contributed by atoms with Crippen LogP contribution in [-0.2, 0) is 27.1 Å². The Balaban J connectivity index is 1.42. The van der Waals surface area contributed by atoms with Gasteiger partial charge in [0.2, 0.25) is 17.7 Å². The van der Waals surface area contributed by atoms with Gasteiger partial charge in [0.15, 0.2) is 0 Å². The Morgan fingerprint density at radius 1 is 0.957 bits per heavy atom. The Labute approximate surface area is 269 Å². The van der Waals surface area contributed by atoms with Crippen LogP contribution < -0.4 is 24.7 Å². The van der Waals surface area contributed by atoms with Crippen LogP contribution >= 0.6 is 23.1 Å². The molecule has 1 saturated heterocycles. The molecule has 1 N–H and O–H groups in total. The Kier molecular flexibility index (Phi) is 8.19. The number of amides is 3. The molecule has 1 fully saturated rings. The minimum atomic E-state index is -4.81. The SMILES string of the molecule is COc1ccc(NC(=O)Cn2c3c(sc2=O)C(c2ccc(N(C)C)cc2)C2C(=O)N(c4ccccc4C(F)(F)F)C(=O)C2S3)cc1. The van der Waals surface area contributed by atoms with Gasteiger partial charge < -0.3 is 15.0 Å². The van der Waals surface area contributed by atoms with Crippen LogP contribution in [-0.4, -0.2) is 48.7 Å². The van der Waals surface area contributed by atoms with Crippen LogP contribution in [0.3, 0.4) is 0 Å². The fraction of sp³-hybridized carbons (Fsp3) is 0.250. The van der Waals surface area contributed by atoms with E-state index < -0.39 is 57.1 Å². The maximum absolute atomic E-state index is 14.1. The van der Waals surface area contributed by atoms with Crippen LogP contribution in [0.5, 0.6) is 5.75 Å². The van der Waals surface area contributed by atoms with E-state index in [0.29, 0.717) is 31.8 Å². The lowest BCUT2D eigenvalue weighted by atomic mass is 9.83. The lowest BCUT2D eigenvalue weighted by molar-refractivity contribution is -0.137. The van der Waals surface area contributed by atoms with Crippen molar-refractivity contribution in [2.75, 3.05) is 36.3 Å². The van der Waals surface area contributed by atoms with Crippen LogP contribution in [0, 0.1) is 5.92 Å². The Morgan fingerprint density at radius 3 is 2.26 bits per heavy atom. The first kappa shape index (κ1) is 31.4. The van der Waals surface area contributed by atoms with Crippen molar-refractivity contribution < 1.29 is 32.3 Å². The van der Waals surface area contributed by atoms with Crippen molar-refractivity contribution in [2.45, 2.75) is 28.9 Å². The smallest absolute Gasteiger partial charge is 0.418 e. The molecular formula is C32H27F3N4O5S2. The van der Waals surface area contributed by atoms with Gasteiger partial charge in [0.25, 0.3) is 0 Å². The molecule has 3 heterocycles. The van der Waals surface area contributed by atoms with Crippen molar-refractivity contribution in [3.8, 4) is 5.75 Å². The number of methoxy groups -OCH3 is 1. The summed E-state index contributed by atoms with van der Waals surface area (Å²) >= 11 is 1.79. The second-order valence-corrected chi connectivity index (χ2v) is 13.1. The Hall–Kier alpha value is -4.56. The van der Waals surface area contributed by atoms with E-state index in [1.165, 1.54) is 23.8 Å². The molecule has 0 aliphatic carbocycles. The van der Waals surface area contributed by atoms with Gasteiger partial charge in [0, 0.05) is 36.3 Å². The number of anilines is 3. The van der Waals surface area contributed by atoms with E-state index in [1.54, 1.807) is 36.4 Å². The molecule has 0 spiro atoms. The number of hydrogen-bond acceptors (Lipinski definition) is 8. The number of hydrogen-bond donors (Lipinski definition) is 1. The average Bonchev–Trinajstić information content (AvgIpc) is 3.47. The van der Waals surface area contributed by atoms with E-state index >= 15 is 0 Å². The van der Waals surface area contributed by atoms with Crippen LogP contribution in [0.2, 0.25) is 0 Å².